The van der Waals surface area contributed by atoms with E-state index < -0.39 is 23.7 Å². The highest BCUT2D eigenvalue weighted by molar-refractivity contribution is 5.90. The highest BCUT2D eigenvalue weighted by atomic mass is 16.5. The van der Waals surface area contributed by atoms with Crippen molar-refractivity contribution in [2.75, 3.05) is 40.9 Å². The maximum atomic E-state index is 14.3. The number of likely N-dealkylation sites (N-methyl/N-ethyl adjacent to an activating group) is 1. The number of hydrogen-bond donors (Lipinski definition) is 2. The number of carbonyl (C=O) groups is 1. The van der Waals surface area contributed by atoms with Crippen molar-refractivity contribution < 1.29 is 24.5 Å². The summed E-state index contributed by atoms with van der Waals surface area (Å²) in [5.74, 6) is 0.772. The van der Waals surface area contributed by atoms with Gasteiger partial charge in [-0.05, 0) is 29.7 Å². The van der Waals surface area contributed by atoms with Gasteiger partial charge in [-0.15, -0.1) is 0 Å². The van der Waals surface area contributed by atoms with Gasteiger partial charge in [0.25, 0.3) is 5.91 Å². The van der Waals surface area contributed by atoms with Crippen LogP contribution in [0.25, 0.3) is 0 Å². The van der Waals surface area contributed by atoms with Crippen molar-refractivity contribution >= 4 is 5.91 Å². The van der Waals surface area contributed by atoms with E-state index in [-0.39, 0.29) is 0 Å². The molecule has 1 saturated heterocycles. The molecule has 3 aromatic carbocycles. The third kappa shape index (κ3) is 5.09. The highest BCUT2D eigenvalue weighted by Crippen LogP contribution is 2.38. The molecule has 2 atom stereocenters. The highest BCUT2D eigenvalue weighted by Gasteiger charge is 2.44. The van der Waals surface area contributed by atoms with Crippen LogP contribution in [0.4, 0.5) is 0 Å². The van der Waals surface area contributed by atoms with Crippen molar-refractivity contribution in [3.05, 3.63) is 95.6 Å². The van der Waals surface area contributed by atoms with Crippen LogP contribution in [-0.4, -0.2) is 72.9 Å². The van der Waals surface area contributed by atoms with E-state index >= 15 is 0 Å². The molecule has 3 aromatic rings. The summed E-state index contributed by atoms with van der Waals surface area (Å²) >= 11 is 0. The number of amides is 1. The van der Waals surface area contributed by atoms with Crippen LogP contribution in [0.15, 0.2) is 78.9 Å². The van der Waals surface area contributed by atoms with E-state index in [1.54, 1.807) is 56.5 Å². The van der Waals surface area contributed by atoms with Crippen LogP contribution in [0.2, 0.25) is 0 Å². The first kappa shape index (κ1) is 25.7. The number of β-amino-alcohol motifs (C(OH)–C–C–N with tert-alkyl or cyclic N) is 1. The molecule has 0 saturated carbocycles. The number of carbonyl (C=O) groups excluding carboxylic acids is 1. The summed E-state index contributed by atoms with van der Waals surface area (Å²) in [6.07, 6.45) is 0.289. The van der Waals surface area contributed by atoms with Gasteiger partial charge in [-0.3, -0.25) is 9.69 Å². The van der Waals surface area contributed by atoms with Crippen LogP contribution >= 0.6 is 0 Å². The Kier molecular flexibility index (Phi) is 7.94. The number of benzene rings is 3. The van der Waals surface area contributed by atoms with E-state index in [1.807, 2.05) is 48.5 Å². The number of rotatable bonds is 9. The lowest BCUT2D eigenvalue weighted by atomic mass is 9.84. The first-order valence-corrected chi connectivity index (χ1v) is 12.1. The Morgan fingerprint density at radius 1 is 1.03 bits per heavy atom. The number of nitrogens with zero attached hydrogens (tertiary/aromatic N) is 2. The minimum atomic E-state index is -1.89. The summed E-state index contributed by atoms with van der Waals surface area (Å²) in [5, 5.41) is 22.2. The molecular weight excluding hydrogens is 456 g/mol. The van der Waals surface area contributed by atoms with Crippen molar-refractivity contribution in [1.29, 1.82) is 0 Å². The second kappa shape index (κ2) is 11.1. The summed E-state index contributed by atoms with van der Waals surface area (Å²) in [7, 11) is 4.88. The molecule has 1 heterocycles. The van der Waals surface area contributed by atoms with E-state index in [0.717, 1.165) is 12.1 Å². The molecule has 4 rings (SSSR count). The Hall–Kier alpha value is -3.39. The van der Waals surface area contributed by atoms with E-state index in [1.165, 1.54) is 0 Å². The third-order valence-corrected chi connectivity index (χ3v) is 6.96. The monoisotopic (exact) mass is 490 g/mol. The Morgan fingerprint density at radius 2 is 1.64 bits per heavy atom. The van der Waals surface area contributed by atoms with Crippen molar-refractivity contribution in [2.24, 2.45) is 0 Å². The van der Waals surface area contributed by atoms with Crippen LogP contribution in [0.5, 0.6) is 11.5 Å². The topological polar surface area (TPSA) is 82.5 Å². The van der Waals surface area contributed by atoms with Gasteiger partial charge in [0.2, 0.25) is 0 Å². The van der Waals surface area contributed by atoms with Crippen LogP contribution in [-0.2, 0) is 10.4 Å². The Labute approximate surface area is 212 Å². The Morgan fingerprint density at radius 3 is 2.14 bits per heavy atom. The van der Waals surface area contributed by atoms with Gasteiger partial charge < -0.3 is 24.6 Å². The lowest BCUT2D eigenvalue weighted by Gasteiger charge is -2.38. The maximum Gasteiger partial charge on any atom is 0.264 e. The molecule has 1 aliphatic heterocycles. The van der Waals surface area contributed by atoms with E-state index in [9.17, 15) is 15.0 Å². The first-order chi connectivity index (χ1) is 17.4. The normalized spacial score (nSPS) is 17.0. The van der Waals surface area contributed by atoms with Gasteiger partial charge in [0.1, 0.15) is 11.5 Å². The average Bonchev–Trinajstić information content (AvgIpc) is 3.35. The van der Waals surface area contributed by atoms with Crippen LogP contribution < -0.4 is 9.47 Å². The maximum absolute atomic E-state index is 14.3. The molecule has 1 amide bonds. The zero-order valence-corrected chi connectivity index (χ0v) is 21.0. The SMILES string of the molecule is COc1ccc([C@@H](CN2CC[C@H](O)C2)N(C)C(=O)C(O)(c2ccccc2)c2ccccc2)c(OC)c1. The lowest BCUT2D eigenvalue weighted by molar-refractivity contribution is -0.149. The molecule has 0 radical (unpaired) electrons. The zero-order chi connectivity index (χ0) is 25.7. The number of methoxy groups -OCH3 is 2. The van der Waals surface area contributed by atoms with E-state index in [0.29, 0.717) is 42.1 Å². The molecule has 0 bridgehead atoms. The molecule has 0 spiro atoms. The predicted octanol–water partition coefficient (Wildman–Crippen LogP) is 3.21. The van der Waals surface area contributed by atoms with Crippen molar-refractivity contribution in [2.45, 2.75) is 24.2 Å². The fourth-order valence-corrected chi connectivity index (χ4v) is 4.91. The van der Waals surface area contributed by atoms with Gasteiger partial charge in [-0.2, -0.15) is 0 Å². The van der Waals surface area contributed by atoms with E-state index in [2.05, 4.69) is 4.90 Å². The molecule has 1 aliphatic rings. The molecule has 0 aromatic heterocycles. The molecule has 36 heavy (non-hydrogen) atoms. The lowest BCUT2D eigenvalue weighted by Crippen LogP contribution is -2.49. The van der Waals surface area contributed by atoms with Crippen LogP contribution in [0.3, 0.4) is 0 Å². The van der Waals surface area contributed by atoms with Gasteiger partial charge in [-0.1, -0.05) is 60.7 Å². The van der Waals surface area contributed by atoms with Gasteiger partial charge in [0.15, 0.2) is 5.60 Å². The van der Waals surface area contributed by atoms with Crippen molar-refractivity contribution in [3.63, 3.8) is 0 Å². The fourth-order valence-electron chi connectivity index (χ4n) is 4.91. The molecule has 1 fully saturated rings. The van der Waals surface area contributed by atoms with Crippen molar-refractivity contribution in [3.8, 4) is 11.5 Å². The van der Waals surface area contributed by atoms with Gasteiger partial charge in [-0.25, -0.2) is 0 Å². The van der Waals surface area contributed by atoms with Crippen LogP contribution in [0, 0.1) is 0 Å². The molecule has 0 aliphatic carbocycles. The summed E-state index contributed by atoms with van der Waals surface area (Å²) in [5.41, 5.74) is -0.117. The van der Waals surface area contributed by atoms with Gasteiger partial charge >= 0.3 is 0 Å². The summed E-state index contributed by atoms with van der Waals surface area (Å²) < 4.78 is 11.1. The van der Waals surface area contributed by atoms with Gasteiger partial charge in [0, 0.05) is 38.3 Å². The molecule has 7 heteroatoms. The second-order valence-corrected chi connectivity index (χ2v) is 9.18. The van der Waals surface area contributed by atoms with Crippen LogP contribution in [0.1, 0.15) is 29.2 Å². The number of hydrogen-bond acceptors (Lipinski definition) is 6. The number of aliphatic hydroxyl groups excluding tert-OH is 1. The second-order valence-electron chi connectivity index (χ2n) is 9.18. The summed E-state index contributed by atoms with van der Waals surface area (Å²) in [4.78, 5) is 18.0. The number of aliphatic hydroxyl groups is 2. The molecular formula is C29H34N2O5. The zero-order valence-electron chi connectivity index (χ0n) is 21.0. The van der Waals surface area contributed by atoms with E-state index in [4.69, 9.17) is 9.47 Å². The quantitative estimate of drug-likeness (QED) is 0.479. The largest absolute Gasteiger partial charge is 0.497 e. The smallest absolute Gasteiger partial charge is 0.264 e. The minimum Gasteiger partial charge on any atom is -0.497 e. The molecule has 7 nitrogen and oxygen atoms in total. The number of ether oxygens (including phenoxy) is 2. The van der Waals surface area contributed by atoms with Crippen molar-refractivity contribution in [1.82, 2.24) is 9.80 Å². The standard InChI is InChI=1S/C29H34N2O5/c1-30(28(33)29(34,21-10-6-4-7-11-21)22-12-8-5-9-13-22)26(20-31-17-16-23(32)19-31)25-15-14-24(35-2)18-27(25)36-3/h4-15,18,23,26,32,34H,16-17,19-20H2,1-3H3/t23-,26+/m0/s1. The molecule has 2 N–H and O–H groups in total. The minimum absolute atomic E-state index is 0.394. The summed E-state index contributed by atoms with van der Waals surface area (Å²) in [6, 6.07) is 23.1. The Balaban J connectivity index is 1.79. The molecule has 0 unspecified atom stereocenters. The average molecular weight is 491 g/mol. The van der Waals surface area contributed by atoms with Gasteiger partial charge in [0.05, 0.1) is 26.4 Å². The number of likely N-dealkylation sites (tertiary alicyclic amines) is 1. The fraction of sp³-hybridized carbons (Fsp3) is 0.345. The summed E-state index contributed by atoms with van der Waals surface area (Å²) in [6.45, 7) is 1.72. The Bertz CT molecular complexity index is 1120. The first-order valence-electron chi connectivity index (χ1n) is 12.1. The predicted molar refractivity (Wildman–Crippen MR) is 138 cm³/mol. The third-order valence-electron chi connectivity index (χ3n) is 6.96. The molecule has 190 valence electrons.